The average Bonchev–Trinajstić information content (AvgIpc) is 2.57. The molecule has 0 saturated heterocycles. The van der Waals surface area contributed by atoms with Gasteiger partial charge >= 0.3 is 0 Å². The van der Waals surface area contributed by atoms with Crippen LogP contribution >= 0.6 is 0 Å². The highest BCUT2D eigenvalue weighted by molar-refractivity contribution is 5.58. The molecule has 0 radical (unpaired) electrons. The SMILES string of the molecule is Cc1cc(-c2nccn2C)ccc1O. The fourth-order valence-electron chi connectivity index (χ4n) is 1.44. The third-order valence-electron chi connectivity index (χ3n) is 2.28. The molecule has 0 bridgehead atoms. The highest BCUT2D eigenvalue weighted by atomic mass is 16.3. The molecular formula is C11H12N2O. The van der Waals surface area contributed by atoms with E-state index in [1.54, 1.807) is 12.3 Å². The largest absolute Gasteiger partial charge is 0.508 e. The zero-order valence-corrected chi connectivity index (χ0v) is 8.23. The van der Waals surface area contributed by atoms with Crippen LogP contribution < -0.4 is 0 Å². The van der Waals surface area contributed by atoms with Gasteiger partial charge in [0, 0.05) is 25.0 Å². The maximum atomic E-state index is 9.38. The summed E-state index contributed by atoms with van der Waals surface area (Å²) < 4.78 is 1.95. The van der Waals surface area contributed by atoms with Gasteiger partial charge < -0.3 is 9.67 Å². The number of hydrogen-bond acceptors (Lipinski definition) is 2. The summed E-state index contributed by atoms with van der Waals surface area (Å²) in [5, 5.41) is 9.38. The maximum absolute atomic E-state index is 9.38. The van der Waals surface area contributed by atoms with E-state index in [1.807, 2.05) is 36.9 Å². The summed E-state index contributed by atoms with van der Waals surface area (Å²) in [6.45, 7) is 1.88. The molecule has 2 aromatic rings. The summed E-state index contributed by atoms with van der Waals surface area (Å²) >= 11 is 0. The average molecular weight is 188 g/mol. The van der Waals surface area contributed by atoms with Crippen molar-refractivity contribution in [1.29, 1.82) is 0 Å². The second-order valence-electron chi connectivity index (χ2n) is 3.36. The van der Waals surface area contributed by atoms with Gasteiger partial charge in [-0.15, -0.1) is 0 Å². The van der Waals surface area contributed by atoms with Crippen molar-refractivity contribution < 1.29 is 5.11 Å². The molecule has 0 atom stereocenters. The molecule has 0 spiro atoms. The first-order chi connectivity index (χ1) is 6.68. The van der Waals surface area contributed by atoms with E-state index >= 15 is 0 Å². The van der Waals surface area contributed by atoms with Crippen LogP contribution in [0.3, 0.4) is 0 Å². The number of benzene rings is 1. The third kappa shape index (κ3) is 1.37. The Labute approximate surface area is 82.7 Å². The van der Waals surface area contributed by atoms with E-state index in [2.05, 4.69) is 4.98 Å². The molecule has 1 aromatic carbocycles. The summed E-state index contributed by atoms with van der Waals surface area (Å²) in [5.74, 6) is 1.23. The molecule has 1 N–H and O–H groups in total. The van der Waals surface area contributed by atoms with Crippen molar-refractivity contribution in [1.82, 2.24) is 9.55 Å². The first kappa shape index (κ1) is 8.81. The second kappa shape index (κ2) is 3.18. The first-order valence-electron chi connectivity index (χ1n) is 4.46. The van der Waals surface area contributed by atoms with Crippen molar-refractivity contribution in [3.05, 3.63) is 36.2 Å². The Balaban J connectivity index is 2.53. The number of rotatable bonds is 1. The number of aromatic hydroxyl groups is 1. The third-order valence-corrected chi connectivity index (χ3v) is 2.28. The van der Waals surface area contributed by atoms with Gasteiger partial charge in [0.05, 0.1) is 0 Å². The lowest BCUT2D eigenvalue weighted by molar-refractivity contribution is 0.471. The summed E-state index contributed by atoms with van der Waals surface area (Å²) in [7, 11) is 1.95. The van der Waals surface area contributed by atoms with Crippen molar-refractivity contribution >= 4 is 0 Å². The Kier molecular flexibility index (Phi) is 2.00. The lowest BCUT2D eigenvalue weighted by atomic mass is 10.1. The number of hydrogen-bond donors (Lipinski definition) is 1. The van der Waals surface area contributed by atoms with Crippen LogP contribution in [-0.2, 0) is 7.05 Å². The van der Waals surface area contributed by atoms with E-state index in [0.717, 1.165) is 17.0 Å². The minimum atomic E-state index is 0.322. The van der Waals surface area contributed by atoms with E-state index in [9.17, 15) is 5.11 Å². The zero-order chi connectivity index (χ0) is 10.1. The van der Waals surface area contributed by atoms with Crippen molar-refractivity contribution in [2.75, 3.05) is 0 Å². The summed E-state index contributed by atoms with van der Waals surface area (Å²) in [6, 6.07) is 5.49. The molecule has 0 fully saturated rings. The molecule has 3 heteroatoms. The smallest absolute Gasteiger partial charge is 0.139 e. The van der Waals surface area contributed by atoms with Crippen molar-refractivity contribution in [2.24, 2.45) is 7.05 Å². The maximum Gasteiger partial charge on any atom is 0.139 e. The second-order valence-corrected chi connectivity index (χ2v) is 3.36. The number of phenolic OH excluding ortho intramolecular Hbond substituents is 1. The molecule has 2 rings (SSSR count). The zero-order valence-electron chi connectivity index (χ0n) is 8.23. The van der Waals surface area contributed by atoms with Gasteiger partial charge in [0.15, 0.2) is 0 Å². The Morgan fingerprint density at radius 3 is 2.71 bits per heavy atom. The number of aromatic nitrogens is 2. The Hall–Kier alpha value is -1.77. The molecule has 3 nitrogen and oxygen atoms in total. The van der Waals surface area contributed by atoms with Gasteiger partial charge in [-0.2, -0.15) is 0 Å². The monoisotopic (exact) mass is 188 g/mol. The minimum absolute atomic E-state index is 0.322. The van der Waals surface area contributed by atoms with Crippen molar-refractivity contribution in [3.8, 4) is 17.1 Å². The van der Waals surface area contributed by atoms with E-state index in [4.69, 9.17) is 0 Å². The van der Waals surface area contributed by atoms with E-state index in [0.29, 0.717) is 5.75 Å². The molecule has 1 aromatic heterocycles. The highest BCUT2D eigenvalue weighted by Crippen LogP contribution is 2.23. The molecule has 72 valence electrons. The van der Waals surface area contributed by atoms with E-state index in [-0.39, 0.29) is 0 Å². The Morgan fingerprint density at radius 2 is 2.14 bits per heavy atom. The Morgan fingerprint density at radius 1 is 1.36 bits per heavy atom. The summed E-state index contributed by atoms with van der Waals surface area (Å²) in [5.41, 5.74) is 1.89. The van der Waals surface area contributed by atoms with Crippen LogP contribution in [0, 0.1) is 6.92 Å². The van der Waals surface area contributed by atoms with Gasteiger partial charge in [0.1, 0.15) is 11.6 Å². The van der Waals surface area contributed by atoms with Crippen molar-refractivity contribution in [2.45, 2.75) is 6.92 Å². The number of phenols is 1. The highest BCUT2D eigenvalue weighted by Gasteiger charge is 2.04. The Bertz CT molecular complexity index is 460. The fourth-order valence-corrected chi connectivity index (χ4v) is 1.44. The predicted molar refractivity (Wildman–Crippen MR) is 55.0 cm³/mol. The van der Waals surface area contributed by atoms with Crippen LogP contribution in [0.2, 0.25) is 0 Å². The van der Waals surface area contributed by atoms with Crippen LogP contribution in [0.1, 0.15) is 5.56 Å². The first-order valence-corrected chi connectivity index (χ1v) is 4.46. The minimum Gasteiger partial charge on any atom is -0.508 e. The van der Waals surface area contributed by atoms with Crippen molar-refractivity contribution in [3.63, 3.8) is 0 Å². The molecule has 0 amide bonds. The van der Waals surface area contributed by atoms with Gasteiger partial charge in [-0.05, 0) is 30.7 Å². The molecule has 0 unspecified atom stereocenters. The van der Waals surface area contributed by atoms with E-state index in [1.165, 1.54) is 0 Å². The normalized spacial score (nSPS) is 10.4. The molecule has 0 aliphatic carbocycles. The van der Waals surface area contributed by atoms with Crippen LogP contribution in [0.15, 0.2) is 30.6 Å². The van der Waals surface area contributed by atoms with E-state index < -0.39 is 0 Å². The van der Waals surface area contributed by atoms with Gasteiger partial charge in [-0.1, -0.05) is 0 Å². The molecule has 1 heterocycles. The summed E-state index contributed by atoms with van der Waals surface area (Å²) in [4.78, 5) is 4.24. The van der Waals surface area contributed by atoms with Gasteiger partial charge in [-0.3, -0.25) is 0 Å². The number of aryl methyl sites for hydroxylation is 2. The fraction of sp³-hybridized carbons (Fsp3) is 0.182. The molecule has 14 heavy (non-hydrogen) atoms. The number of nitrogens with zero attached hydrogens (tertiary/aromatic N) is 2. The number of imidazole rings is 1. The lowest BCUT2D eigenvalue weighted by Gasteiger charge is -2.04. The molecule has 0 aliphatic rings. The van der Waals surface area contributed by atoms with Crippen LogP contribution in [0.25, 0.3) is 11.4 Å². The van der Waals surface area contributed by atoms with Crippen LogP contribution in [-0.4, -0.2) is 14.7 Å². The predicted octanol–water partition coefficient (Wildman–Crippen LogP) is 2.10. The van der Waals surface area contributed by atoms with Gasteiger partial charge in [-0.25, -0.2) is 4.98 Å². The van der Waals surface area contributed by atoms with Gasteiger partial charge in [0.25, 0.3) is 0 Å². The summed E-state index contributed by atoms with van der Waals surface area (Å²) in [6.07, 6.45) is 3.66. The molecule has 0 saturated carbocycles. The lowest BCUT2D eigenvalue weighted by Crippen LogP contribution is -1.91. The quantitative estimate of drug-likeness (QED) is 0.744. The van der Waals surface area contributed by atoms with Gasteiger partial charge in [0.2, 0.25) is 0 Å². The van der Waals surface area contributed by atoms with Crippen LogP contribution in [0.4, 0.5) is 0 Å². The topological polar surface area (TPSA) is 38.0 Å². The standard InChI is InChI=1S/C11H12N2O/c1-8-7-9(3-4-10(8)14)11-12-5-6-13(11)2/h3-7,14H,1-2H3. The molecule has 0 aliphatic heterocycles. The molecular weight excluding hydrogens is 176 g/mol. The van der Waals surface area contributed by atoms with Crippen LogP contribution in [0.5, 0.6) is 5.75 Å².